The third kappa shape index (κ3) is 1.45. The number of halogens is 1. The van der Waals surface area contributed by atoms with E-state index in [9.17, 15) is 5.11 Å². The average Bonchev–Trinajstić information content (AvgIpc) is 2.49. The largest absolute Gasteiger partial charge is 0.508 e. The molecule has 0 saturated carbocycles. The summed E-state index contributed by atoms with van der Waals surface area (Å²) in [4.78, 5) is 3.07. The summed E-state index contributed by atoms with van der Waals surface area (Å²) in [5.41, 5.74) is 7.42. The first-order chi connectivity index (χ1) is 6.72. The van der Waals surface area contributed by atoms with Gasteiger partial charge in [-0.05, 0) is 24.6 Å². The van der Waals surface area contributed by atoms with Crippen molar-refractivity contribution in [1.82, 2.24) is 4.98 Å². The Bertz CT molecular complexity index is 464. The van der Waals surface area contributed by atoms with E-state index in [1.54, 1.807) is 6.07 Å². The predicted molar refractivity (Wildman–Crippen MR) is 57.7 cm³/mol. The van der Waals surface area contributed by atoms with Crippen molar-refractivity contribution in [1.29, 1.82) is 0 Å². The number of hydrogen-bond donors (Lipinski definition) is 3. The summed E-state index contributed by atoms with van der Waals surface area (Å²) in [6.45, 7) is 0.584. The Hall–Kier alpha value is -1.19. The van der Waals surface area contributed by atoms with Crippen molar-refractivity contribution in [3.8, 4) is 5.75 Å². The Labute approximate surface area is 86.5 Å². The Balaban J connectivity index is 2.66. The van der Waals surface area contributed by atoms with Crippen molar-refractivity contribution in [3.05, 3.63) is 28.9 Å². The smallest absolute Gasteiger partial charge is 0.117 e. The molecule has 74 valence electrons. The van der Waals surface area contributed by atoms with Crippen LogP contribution in [0.4, 0.5) is 0 Å². The van der Waals surface area contributed by atoms with E-state index in [-0.39, 0.29) is 5.75 Å². The summed E-state index contributed by atoms with van der Waals surface area (Å²) in [6, 6.07) is 3.22. The van der Waals surface area contributed by atoms with Crippen LogP contribution in [0, 0.1) is 0 Å². The van der Waals surface area contributed by atoms with Crippen molar-refractivity contribution in [2.75, 3.05) is 6.54 Å². The number of aromatic amines is 1. The molecule has 0 radical (unpaired) electrons. The molecule has 0 fully saturated rings. The second kappa shape index (κ2) is 3.52. The Kier molecular flexibility index (Phi) is 2.35. The number of hydrogen-bond acceptors (Lipinski definition) is 2. The molecule has 0 bridgehead atoms. The van der Waals surface area contributed by atoms with Crippen molar-refractivity contribution in [3.63, 3.8) is 0 Å². The number of phenols is 1. The highest BCUT2D eigenvalue weighted by molar-refractivity contribution is 6.35. The summed E-state index contributed by atoms with van der Waals surface area (Å²) in [5.74, 6) is 0.181. The highest BCUT2D eigenvalue weighted by atomic mass is 35.5. The maximum Gasteiger partial charge on any atom is 0.117 e. The molecule has 0 aliphatic carbocycles. The zero-order valence-electron chi connectivity index (χ0n) is 7.55. The Morgan fingerprint density at radius 1 is 1.43 bits per heavy atom. The standard InChI is InChI=1S/C10H11ClN2O/c11-9-4-7(14)3-8-6(1-2-12)5-13-10(8)9/h3-5,13-14H,1-2,12H2. The van der Waals surface area contributed by atoms with Crippen LogP contribution >= 0.6 is 11.6 Å². The third-order valence-electron chi connectivity index (χ3n) is 2.23. The summed E-state index contributed by atoms with van der Waals surface area (Å²) in [5, 5.41) is 10.9. The molecule has 14 heavy (non-hydrogen) atoms. The molecule has 1 aromatic heterocycles. The topological polar surface area (TPSA) is 62.0 Å². The van der Waals surface area contributed by atoms with Crippen molar-refractivity contribution >= 4 is 22.5 Å². The number of H-pyrrole nitrogens is 1. The first kappa shape index (κ1) is 9.37. The van der Waals surface area contributed by atoms with E-state index in [4.69, 9.17) is 17.3 Å². The van der Waals surface area contributed by atoms with Crippen molar-refractivity contribution < 1.29 is 5.11 Å². The van der Waals surface area contributed by atoms with E-state index < -0.39 is 0 Å². The van der Waals surface area contributed by atoms with Gasteiger partial charge in [-0.2, -0.15) is 0 Å². The molecule has 0 aliphatic heterocycles. The first-order valence-electron chi connectivity index (χ1n) is 4.41. The lowest BCUT2D eigenvalue weighted by molar-refractivity contribution is 0.476. The van der Waals surface area contributed by atoms with E-state index in [0.717, 1.165) is 22.9 Å². The van der Waals surface area contributed by atoms with Crippen molar-refractivity contribution in [2.45, 2.75) is 6.42 Å². The number of nitrogens with one attached hydrogen (secondary N) is 1. The van der Waals surface area contributed by atoms with E-state index >= 15 is 0 Å². The van der Waals surface area contributed by atoms with Gasteiger partial charge in [-0.1, -0.05) is 11.6 Å². The van der Waals surface area contributed by atoms with Gasteiger partial charge < -0.3 is 15.8 Å². The van der Waals surface area contributed by atoms with Crippen LogP contribution in [0.1, 0.15) is 5.56 Å². The van der Waals surface area contributed by atoms with E-state index in [1.807, 2.05) is 6.20 Å². The minimum atomic E-state index is 0.181. The van der Waals surface area contributed by atoms with E-state index in [0.29, 0.717) is 11.6 Å². The lowest BCUT2D eigenvalue weighted by Crippen LogP contribution is -2.01. The molecule has 4 heteroatoms. The molecule has 4 N–H and O–H groups in total. The first-order valence-corrected chi connectivity index (χ1v) is 4.78. The third-order valence-corrected chi connectivity index (χ3v) is 2.52. The van der Waals surface area contributed by atoms with Gasteiger partial charge in [0, 0.05) is 17.6 Å². The quantitative estimate of drug-likeness (QED) is 0.710. The van der Waals surface area contributed by atoms with Crippen LogP contribution in [-0.2, 0) is 6.42 Å². The van der Waals surface area contributed by atoms with Gasteiger partial charge in [0.15, 0.2) is 0 Å². The lowest BCUT2D eigenvalue weighted by Gasteiger charge is -1.99. The van der Waals surface area contributed by atoms with Gasteiger partial charge >= 0.3 is 0 Å². The zero-order chi connectivity index (χ0) is 10.1. The van der Waals surface area contributed by atoms with Crippen LogP contribution in [0.15, 0.2) is 18.3 Å². The maximum atomic E-state index is 9.39. The van der Waals surface area contributed by atoms with Crippen LogP contribution in [0.5, 0.6) is 5.75 Å². The van der Waals surface area contributed by atoms with Crippen LogP contribution in [0.2, 0.25) is 5.02 Å². The van der Waals surface area contributed by atoms with Gasteiger partial charge in [0.25, 0.3) is 0 Å². The number of benzene rings is 1. The molecule has 0 spiro atoms. The van der Waals surface area contributed by atoms with Gasteiger partial charge in [0.05, 0.1) is 10.5 Å². The number of aromatic hydroxyl groups is 1. The summed E-state index contributed by atoms with van der Waals surface area (Å²) in [6.07, 6.45) is 2.66. The second-order valence-corrected chi connectivity index (χ2v) is 3.61. The summed E-state index contributed by atoms with van der Waals surface area (Å²) in [7, 11) is 0. The zero-order valence-corrected chi connectivity index (χ0v) is 8.30. The fourth-order valence-corrected chi connectivity index (χ4v) is 1.86. The number of rotatable bonds is 2. The molecule has 0 amide bonds. The predicted octanol–water partition coefficient (Wildman–Crippen LogP) is 2.03. The van der Waals surface area contributed by atoms with Crippen molar-refractivity contribution in [2.24, 2.45) is 5.73 Å². The molecule has 1 heterocycles. The van der Waals surface area contributed by atoms with E-state index in [1.165, 1.54) is 6.07 Å². The molecular formula is C10H11ClN2O. The number of fused-ring (bicyclic) bond motifs is 1. The van der Waals surface area contributed by atoms with Gasteiger partial charge in [-0.25, -0.2) is 0 Å². The average molecular weight is 211 g/mol. The molecule has 0 atom stereocenters. The van der Waals surface area contributed by atoms with Gasteiger partial charge in [-0.15, -0.1) is 0 Å². The Morgan fingerprint density at radius 3 is 2.93 bits per heavy atom. The molecule has 2 rings (SSSR count). The highest BCUT2D eigenvalue weighted by Gasteiger charge is 2.07. The summed E-state index contributed by atoms with van der Waals surface area (Å²) >= 11 is 5.95. The second-order valence-electron chi connectivity index (χ2n) is 3.20. The van der Waals surface area contributed by atoms with Crippen LogP contribution in [0.3, 0.4) is 0 Å². The van der Waals surface area contributed by atoms with Gasteiger partial charge in [-0.3, -0.25) is 0 Å². The number of aromatic nitrogens is 1. The van der Waals surface area contributed by atoms with E-state index in [2.05, 4.69) is 4.98 Å². The normalized spacial score (nSPS) is 11.0. The van der Waals surface area contributed by atoms with Gasteiger partial charge in [0.2, 0.25) is 0 Å². The van der Waals surface area contributed by atoms with Crippen LogP contribution < -0.4 is 5.73 Å². The molecule has 1 aromatic carbocycles. The summed E-state index contributed by atoms with van der Waals surface area (Å²) < 4.78 is 0. The fraction of sp³-hybridized carbons (Fsp3) is 0.200. The fourth-order valence-electron chi connectivity index (χ4n) is 1.59. The molecular weight excluding hydrogens is 200 g/mol. The number of phenolic OH excluding ortho intramolecular Hbond substituents is 1. The minimum absolute atomic E-state index is 0.181. The molecule has 2 aromatic rings. The molecule has 0 unspecified atom stereocenters. The SMILES string of the molecule is NCCc1c[nH]c2c(Cl)cc(O)cc12. The highest BCUT2D eigenvalue weighted by Crippen LogP contribution is 2.30. The molecule has 0 aliphatic rings. The Morgan fingerprint density at radius 2 is 2.21 bits per heavy atom. The lowest BCUT2D eigenvalue weighted by atomic mass is 10.1. The maximum absolute atomic E-state index is 9.39. The number of nitrogens with two attached hydrogens (primary N) is 1. The van der Waals surface area contributed by atoms with Crippen LogP contribution in [-0.4, -0.2) is 16.6 Å². The monoisotopic (exact) mass is 210 g/mol. The van der Waals surface area contributed by atoms with Crippen LogP contribution in [0.25, 0.3) is 10.9 Å². The molecule has 0 saturated heterocycles. The van der Waals surface area contributed by atoms with Gasteiger partial charge in [0.1, 0.15) is 5.75 Å². The molecule has 3 nitrogen and oxygen atoms in total. The minimum Gasteiger partial charge on any atom is -0.508 e.